The summed E-state index contributed by atoms with van der Waals surface area (Å²) in [6.07, 6.45) is -0.262. The van der Waals surface area contributed by atoms with Gasteiger partial charge in [-0.25, -0.2) is 9.78 Å². The molecule has 1 N–H and O–H groups in total. The van der Waals surface area contributed by atoms with Gasteiger partial charge in [0.2, 0.25) is 5.95 Å². The summed E-state index contributed by atoms with van der Waals surface area (Å²) in [5.41, 5.74) is 1.73. The number of para-hydroxylation sites is 2. The van der Waals surface area contributed by atoms with Crippen molar-refractivity contribution >= 4 is 23.5 Å². The number of nitrogens with one attached hydrogen (secondary N) is 1. The van der Waals surface area contributed by atoms with Crippen molar-refractivity contribution in [3.05, 3.63) is 36.0 Å². The normalized spacial score (nSPS) is 14.0. The Morgan fingerprint density at radius 3 is 2.57 bits per heavy atom. The van der Waals surface area contributed by atoms with E-state index in [0.29, 0.717) is 51.2 Å². The van der Waals surface area contributed by atoms with Gasteiger partial charge in [-0.15, -0.1) is 0 Å². The van der Waals surface area contributed by atoms with Gasteiger partial charge in [0, 0.05) is 37.9 Å². The molecule has 1 saturated heterocycles. The van der Waals surface area contributed by atoms with Gasteiger partial charge < -0.3 is 24.6 Å². The predicted molar refractivity (Wildman–Crippen MR) is 108 cm³/mol. The second-order valence-corrected chi connectivity index (χ2v) is 6.42. The molecule has 0 saturated carbocycles. The molecule has 1 aliphatic heterocycles. The number of aryl methyl sites for hydroxylation is 1. The van der Waals surface area contributed by atoms with Gasteiger partial charge in [-0.3, -0.25) is 0 Å². The number of benzene rings is 1. The molecule has 0 spiro atoms. The number of anilines is 3. The highest BCUT2D eigenvalue weighted by Crippen LogP contribution is 2.27. The molecule has 3 rings (SSSR count). The fourth-order valence-electron chi connectivity index (χ4n) is 3.05. The summed E-state index contributed by atoms with van der Waals surface area (Å²) < 4.78 is 10.7. The fourth-order valence-corrected chi connectivity index (χ4v) is 3.05. The molecule has 2 aromatic rings. The first-order valence-corrected chi connectivity index (χ1v) is 9.62. The molecule has 0 bridgehead atoms. The van der Waals surface area contributed by atoms with E-state index >= 15 is 0 Å². The second-order valence-electron chi connectivity index (χ2n) is 6.42. The largest absolute Gasteiger partial charge is 0.492 e. The molecule has 28 heavy (non-hydrogen) atoms. The van der Waals surface area contributed by atoms with E-state index < -0.39 is 0 Å². The third-order valence-electron chi connectivity index (χ3n) is 4.38. The minimum absolute atomic E-state index is 0.262. The smallest absolute Gasteiger partial charge is 0.409 e. The summed E-state index contributed by atoms with van der Waals surface area (Å²) >= 11 is 0. The van der Waals surface area contributed by atoms with E-state index in [9.17, 15) is 4.79 Å². The maximum absolute atomic E-state index is 11.9. The van der Waals surface area contributed by atoms with Crippen LogP contribution in [-0.4, -0.2) is 60.4 Å². The van der Waals surface area contributed by atoms with Gasteiger partial charge in [-0.2, -0.15) is 4.98 Å². The van der Waals surface area contributed by atoms with Gasteiger partial charge in [0.25, 0.3) is 0 Å². The number of carbonyl (C=O) groups excluding carboxylic acids is 1. The Morgan fingerprint density at radius 1 is 1.11 bits per heavy atom. The van der Waals surface area contributed by atoms with Crippen LogP contribution in [0.3, 0.4) is 0 Å². The van der Waals surface area contributed by atoms with Crippen molar-refractivity contribution in [1.82, 2.24) is 14.9 Å². The zero-order valence-corrected chi connectivity index (χ0v) is 16.6. The standard InChI is InChI=1S/C20H27N5O3/c1-4-27-17-9-7-6-8-16(17)22-18-14-15(3)21-19(23-18)24-10-12-25(13-11-24)20(26)28-5-2/h6-9,14H,4-5,10-13H2,1-3H3,(H,21,22,23). The second kappa shape index (κ2) is 9.25. The topological polar surface area (TPSA) is 79.8 Å². The lowest BCUT2D eigenvalue weighted by atomic mass is 10.3. The molecule has 8 nitrogen and oxygen atoms in total. The molecule has 1 amide bonds. The van der Waals surface area contributed by atoms with Gasteiger partial charge >= 0.3 is 6.09 Å². The highest BCUT2D eigenvalue weighted by Gasteiger charge is 2.23. The Bertz CT molecular complexity index is 806. The average Bonchev–Trinajstić information content (AvgIpc) is 2.69. The number of hydrogen-bond donors (Lipinski definition) is 1. The lowest BCUT2D eigenvalue weighted by molar-refractivity contribution is 0.105. The first kappa shape index (κ1) is 19.7. The Labute approximate surface area is 165 Å². The number of rotatable bonds is 6. The quantitative estimate of drug-likeness (QED) is 0.818. The van der Waals surface area contributed by atoms with E-state index in [1.165, 1.54) is 0 Å². The number of ether oxygens (including phenoxy) is 2. The van der Waals surface area contributed by atoms with E-state index in [2.05, 4.69) is 20.2 Å². The maximum Gasteiger partial charge on any atom is 0.409 e. The van der Waals surface area contributed by atoms with Crippen molar-refractivity contribution in [3.63, 3.8) is 0 Å². The van der Waals surface area contributed by atoms with Gasteiger partial charge in [-0.1, -0.05) is 12.1 Å². The summed E-state index contributed by atoms with van der Waals surface area (Å²) in [7, 11) is 0. The van der Waals surface area contributed by atoms with Crippen LogP contribution in [0.1, 0.15) is 19.5 Å². The minimum Gasteiger partial charge on any atom is -0.492 e. The van der Waals surface area contributed by atoms with Gasteiger partial charge in [0.05, 0.1) is 18.9 Å². The van der Waals surface area contributed by atoms with E-state index in [-0.39, 0.29) is 6.09 Å². The monoisotopic (exact) mass is 385 g/mol. The molecule has 2 heterocycles. The number of piperazine rings is 1. The summed E-state index contributed by atoms with van der Waals surface area (Å²) in [6, 6.07) is 9.68. The lowest BCUT2D eigenvalue weighted by Crippen LogP contribution is -2.49. The van der Waals surface area contributed by atoms with Crippen molar-refractivity contribution in [2.24, 2.45) is 0 Å². The van der Waals surface area contributed by atoms with E-state index in [1.807, 2.05) is 51.1 Å². The Balaban J connectivity index is 1.72. The van der Waals surface area contributed by atoms with Crippen molar-refractivity contribution in [1.29, 1.82) is 0 Å². The molecule has 1 aromatic heterocycles. The van der Waals surface area contributed by atoms with Crippen LogP contribution >= 0.6 is 0 Å². The Hall–Kier alpha value is -3.03. The van der Waals surface area contributed by atoms with E-state index in [1.54, 1.807) is 4.90 Å². The molecular weight excluding hydrogens is 358 g/mol. The van der Waals surface area contributed by atoms with Crippen LogP contribution in [0.25, 0.3) is 0 Å². The first-order valence-electron chi connectivity index (χ1n) is 9.62. The number of hydrogen-bond acceptors (Lipinski definition) is 7. The van der Waals surface area contributed by atoms with Crippen molar-refractivity contribution in [2.75, 3.05) is 49.6 Å². The molecule has 1 fully saturated rings. The number of aromatic nitrogens is 2. The van der Waals surface area contributed by atoms with Crippen molar-refractivity contribution in [2.45, 2.75) is 20.8 Å². The minimum atomic E-state index is -0.262. The summed E-state index contributed by atoms with van der Waals surface area (Å²) in [4.78, 5) is 24.9. The summed E-state index contributed by atoms with van der Waals surface area (Å²) in [6.45, 7) is 9.20. The third-order valence-corrected chi connectivity index (χ3v) is 4.38. The zero-order chi connectivity index (χ0) is 19.9. The summed E-state index contributed by atoms with van der Waals surface area (Å²) in [5.74, 6) is 2.15. The zero-order valence-electron chi connectivity index (χ0n) is 16.6. The number of amides is 1. The van der Waals surface area contributed by atoms with E-state index in [0.717, 1.165) is 17.1 Å². The predicted octanol–water partition coefficient (Wildman–Crippen LogP) is 3.21. The maximum atomic E-state index is 11.9. The van der Waals surface area contributed by atoms with Crippen LogP contribution < -0.4 is 15.0 Å². The molecule has 1 aromatic carbocycles. The lowest BCUT2D eigenvalue weighted by Gasteiger charge is -2.34. The van der Waals surface area contributed by atoms with Gasteiger partial charge in [0.15, 0.2) is 0 Å². The Morgan fingerprint density at radius 2 is 1.86 bits per heavy atom. The highest BCUT2D eigenvalue weighted by atomic mass is 16.6. The van der Waals surface area contributed by atoms with Gasteiger partial charge in [0.1, 0.15) is 11.6 Å². The molecule has 1 aliphatic rings. The van der Waals surface area contributed by atoms with Crippen LogP contribution in [0.2, 0.25) is 0 Å². The number of nitrogens with zero attached hydrogens (tertiary/aromatic N) is 4. The highest BCUT2D eigenvalue weighted by molar-refractivity contribution is 5.68. The SMILES string of the molecule is CCOC(=O)N1CCN(c2nc(C)cc(Nc3ccccc3OCC)n2)CC1. The molecule has 0 unspecified atom stereocenters. The third kappa shape index (κ3) is 4.82. The first-order chi connectivity index (χ1) is 13.6. The Kier molecular flexibility index (Phi) is 6.52. The molecule has 0 aliphatic carbocycles. The van der Waals surface area contributed by atoms with Crippen LogP contribution in [-0.2, 0) is 4.74 Å². The molecule has 0 radical (unpaired) electrons. The van der Waals surface area contributed by atoms with Crippen molar-refractivity contribution < 1.29 is 14.3 Å². The molecule has 0 atom stereocenters. The van der Waals surface area contributed by atoms with Crippen LogP contribution in [0, 0.1) is 6.92 Å². The summed E-state index contributed by atoms with van der Waals surface area (Å²) in [5, 5.41) is 3.33. The number of carbonyl (C=O) groups is 1. The van der Waals surface area contributed by atoms with E-state index in [4.69, 9.17) is 9.47 Å². The fraction of sp³-hybridized carbons (Fsp3) is 0.450. The molecule has 150 valence electrons. The van der Waals surface area contributed by atoms with Crippen molar-refractivity contribution in [3.8, 4) is 5.75 Å². The van der Waals surface area contributed by atoms with Crippen LogP contribution in [0.5, 0.6) is 5.75 Å². The van der Waals surface area contributed by atoms with Crippen LogP contribution in [0.15, 0.2) is 30.3 Å². The average molecular weight is 385 g/mol. The van der Waals surface area contributed by atoms with Crippen LogP contribution in [0.4, 0.5) is 22.2 Å². The van der Waals surface area contributed by atoms with Gasteiger partial charge in [-0.05, 0) is 32.9 Å². The molecular formula is C20H27N5O3. The molecule has 8 heteroatoms.